The van der Waals surface area contributed by atoms with Crippen LogP contribution < -0.4 is 4.74 Å². The van der Waals surface area contributed by atoms with E-state index in [-0.39, 0.29) is 0 Å². The summed E-state index contributed by atoms with van der Waals surface area (Å²) in [6.45, 7) is 4.47. The fourth-order valence-electron chi connectivity index (χ4n) is 2.07. The van der Waals surface area contributed by atoms with Crippen LogP contribution in [0.5, 0.6) is 5.75 Å². The zero-order valence-electron chi connectivity index (χ0n) is 10.9. The predicted molar refractivity (Wildman–Crippen MR) is 78.2 cm³/mol. The van der Waals surface area contributed by atoms with Gasteiger partial charge in [0.05, 0.1) is 6.61 Å². The number of ether oxygens (including phenoxy) is 1. The van der Waals surface area contributed by atoms with Crippen LogP contribution in [0.4, 0.5) is 0 Å². The van der Waals surface area contributed by atoms with Gasteiger partial charge in [0.1, 0.15) is 5.75 Å². The number of aryl methyl sites for hydroxylation is 1. The van der Waals surface area contributed by atoms with E-state index in [0.717, 1.165) is 23.0 Å². The minimum Gasteiger partial charge on any atom is -0.494 e. The Morgan fingerprint density at radius 1 is 1.16 bits per heavy atom. The lowest BCUT2D eigenvalue weighted by Gasteiger charge is -2.11. The molecule has 2 aromatic rings. The van der Waals surface area contributed by atoms with Crippen molar-refractivity contribution in [3.8, 4) is 16.9 Å². The Labute approximate surface area is 118 Å². The van der Waals surface area contributed by atoms with Gasteiger partial charge < -0.3 is 4.74 Å². The molecule has 0 unspecified atom stereocenters. The monoisotopic (exact) mass is 274 g/mol. The van der Waals surface area contributed by atoms with Gasteiger partial charge in [0.15, 0.2) is 6.29 Å². The van der Waals surface area contributed by atoms with Gasteiger partial charge in [-0.15, -0.1) is 0 Å². The summed E-state index contributed by atoms with van der Waals surface area (Å²) < 4.78 is 5.41. The Morgan fingerprint density at radius 2 is 1.89 bits per heavy atom. The first-order valence-corrected chi connectivity index (χ1v) is 6.52. The fraction of sp³-hybridized carbons (Fsp3) is 0.188. The molecule has 0 aromatic heterocycles. The molecule has 19 heavy (non-hydrogen) atoms. The van der Waals surface area contributed by atoms with Gasteiger partial charge in [-0.2, -0.15) is 0 Å². The second kappa shape index (κ2) is 5.89. The number of hydrogen-bond donors (Lipinski definition) is 0. The van der Waals surface area contributed by atoms with E-state index in [0.29, 0.717) is 22.9 Å². The Morgan fingerprint density at radius 3 is 2.53 bits per heavy atom. The minimum atomic E-state index is 0.581. The van der Waals surface area contributed by atoms with Gasteiger partial charge in [0, 0.05) is 10.6 Å². The smallest absolute Gasteiger partial charge is 0.150 e. The van der Waals surface area contributed by atoms with E-state index >= 15 is 0 Å². The van der Waals surface area contributed by atoms with Crippen molar-refractivity contribution in [2.24, 2.45) is 0 Å². The van der Waals surface area contributed by atoms with Crippen LogP contribution in [0.3, 0.4) is 0 Å². The van der Waals surface area contributed by atoms with Gasteiger partial charge in [0.2, 0.25) is 0 Å². The van der Waals surface area contributed by atoms with Crippen LogP contribution in [0.2, 0.25) is 5.02 Å². The number of halogens is 1. The van der Waals surface area contributed by atoms with Crippen molar-refractivity contribution in [3.63, 3.8) is 0 Å². The predicted octanol–water partition coefficient (Wildman–Crippen LogP) is 4.53. The summed E-state index contributed by atoms with van der Waals surface area (Å²) in [6, 6.07) is 11.2. The fourth-order valence-corrected chi connectivity index (χ4v) is 2.30. The van der Waals surface area contributed by atoms with Crippen LogP contribution in [0, 0.1) is 6.92 Å². The molecular formula is C16H15ClO2. The topological polar surface area (TPSA) is 26.3 Å². The molecule has 0 fully saturated rings. The van der Waals surface area contributed by atoms with E-state index in [1.807, 2.05) is 44.2 Å². The first kappa shape index (κ1) is 13.6. The molecular weight excluding hydrogens is 260 g/mol. The molecule has 0 aliphatic heterocycles. The molecule has 0 saturated carbocycles. The third-order valence-corrected chi connectivity index (χ3v) is 3.17. The Bertz CT molecular complexity index is 606. The van der Waals surface area contributed by atoms with Crippen molar-refractivity contribution in [1.29, 1.82) is 0 Å². The maximum atomic E-state index is 11.3. The first-order valence-electron chi connectivity index (χ1n) is 6.14. The molecule has 0 atom stereocenters. The SMILES string of the molecule is CCOc1ccc(-c2ccc(Cl)cc2C)c(C=O)c1. The van der Waals surface area contributed by atoms with E-state index in [2.05, 4.69) is 0 Å². The highest BCUT2D eigenvalue weighted by molar-refractivity contribution is 6.30. The summed E-state index contributed by atoms with van der Waals surface area (Å²) in [7, 11) is 0. The Kier molecular flexibility index (Phi) is 4.23. The van der Waals surface area contributed by atoms with Crippen molar-refractivity contribution >= 4 is 17.9 Å². The normalized spacial score (nSPS) is 10.3. The third-order valence-electron chi connectivity index (χ3n) is 2.94. The second-order valence-corrected chi connectivity index (χ2v) is 4.70. The molecule has 0 aliphatic carbocycles. The lowest BCUT2D eigenvalue weighted by atomic mass is 9.96. The van der Waals surface area contributed by atoms with E-state index < -0.39 is 0 Å². The number of hydrogen-bond acceptors (Lipinski definition) is 2. The molecule has 2 rings (SSSR count). The number of aldehydes is 1. The molecule has 2 aromatic carbocycles. The summed E-state index contributed by atoms with van der Waals surface area (Å²) in [4.78, 5) is 11.3. The molecule has 3 heteroatoms. The van der Waals surface area contributed by atoms with Gasteiger partial charge in [-0.1, -0.05) is 17.7 Å². The van der Waals surface area contributed by atoms with E-state index in [4.69, 9.17) is 16.3 Å². The highest BCUT2D eigenvalue weighted by Gasteiger charge is 2.09. The Balaban J connectivity index is 2.52. The zero-order chi connectivity index (χ0) is 13.8. The van der Waals surface area contributed by atoms with Crippen molar-refractivity contribution in [1.82, 2.24) is 0 Å². The van der Waals surface area contributed by atoms with Crippen LogP contribution in [0.15, 0.2) is 36.4 Å². The van der Waals surface area contributed by atoms with Gasteiger partial charge >= 0.3 is 0 Å². The largest absolute Gasteiger partial charge is 0.494 e. The molecule has 0 radical (unpaired) electrons. The molecule has 0 amide bonds. The van der Waals surface area contributed by atoms with Gasteiger partial charge in [-0.25, -0.2) is 0 Å². The van der Waals surface area contributed by atoms with Crippen molar-refractivity contribution in [2.45, 2.75) is 13.8 Å². The molecule has 98 valence electrons. The quantitative estimate of drug-likeness (QED) is 0.766. The second-order valence-electron chi connectivity index (χ2n) is 4.26. The van der Waals surface area contributed by atoms with E-state index in [1.165, 1.54) is 0 Å². The number of carbonyl (C=O) groups is 1. The lowest BCUT2D eigenvalue weighted by molar-refractivity contribution is 0.112. The molecule has 2 nitrogen and oxygen atoms in total. The van der Waals surface area contributed by atoms with Crippen LogP contribution in [-0.2, 0) is 0 Å². The van der Waals surface area contributed by atoms with Crippen molar-refractivity contribution in [3.05, 3.63) is 52.5 Å². The van der Waals surface area contributed by atoms with E-state index in [1.54, 1.807) is 6.07 Å². The van der Waals surface area contributed by atoms with Crippen LogP contribution in [0.1, 0.15) is 22.8 Å². The zero-order valence-corrected chi connectivity index (χ0v) is 11.7. The number of carbonyl (C=O) groups excluding carboxylic acids is 1. The standard InChI is InChI=1S/C16H15ClO2/c1-3-19-14-5-7-16(12(9-14)10-18)15-6-4-13(17)8-11(15)2/h4-10H,3H2,1-2H3. The third kappa shape index (κ3) is 2.96. The van der Waals surface area contributed by atoms with E-state index in [9.17, 15) is 4.79 Å². The highest BCUT2D eigenvalue weighted by atomic mass is 35.5. The van der Waals surface area contributed by atoms with Crippen LogP contribution in [-0.4, -0.2) is 12.9 Å². The molecule has 0 spiro atoms. The average Bonchev–Trinajstić information content (AvgIpc) is 2.39. The maximum Gasteiger partial charge on any atom is 0.150 e. The first-order chi connectivity index (χ1) is 9.15. The minimum absolute atomic E-state index is 0.581. The maximum absolute atomic E-state index is 11.3. The Hall–Kier alpha value is -1.80. The molecule has 0 saturated heterocycles. The lowest BCUT2D eigenvalue weighted by Crippen LogP contribution is -1.95. The van der Waals surface area contributed by atoms with Gasteiger partial charge in [-0.05, 0) is 60.9 Å². The summed E-state index contributed by atoms with van der Waals surface area (Å²) in [6.07, 6.45) is 0.853. The summed E-state index contributed by atoms with van der Waals surface area (Å²) in [5, 5.41) is 0.694. The molecule has 0 bridgehead atoms. The van der Waals surface area contributed by atoms with Crippen LogP contribution in [0.25, 0.3) is 11.1 Å². The summed E-state index contributed by atoms with van der Waals surface area (Å²) in [5.41, 5.74) is 3.57. The van der Waals surface area contributed by atoms with Gasteiger partial charge in [0.25, 0.3) is 0 Å². The number of benzene rings is 2. The average molecular weight is 275 g/mol. The van der Waals surface area contributed by atoms with Crippen molar-refractivity contribution < 1.29 is 9.53 Å². The van der Waals surface area contributed by atoms with Crippen LogP contribution >= 0.6 is 11.6 Å². The summed E-state index contributed by atoms with van der Waals surface area (Å²) in [5.74, 6) is 0.708. The summed E-state index contributed by atoms with van der Waals surface area (Å²) >= 11 is 5.95. The van der Waals surface area contributed by atoms with Gasteiger partial charge in [-0.3, -0.25) is 4.79 Å². The number of rotatable bonds is 4. The molecule has 0 heterocycles. The molecule has 0 N–H and O–H groups in total. The highest BCUT2D eigenvalue weighted by Crippen LogP contribution is 2.30. The molecule has 0 aliphatic rings. The van der Waals surface area contributed by atoms with Crippen molar-refractivity contribution in [2.75, 3.05) is 6.61 Å².